The molecule has 1 amide bonds. The van der Waals surface area contributed by atoms with Crippen molar-refractivity contribution in [3.63, 3.8) is 0 Å². The Morgan fingerprint density at radius 1 is 1.29 bits per heavy atom. The summed E-state index contributed by atoms with van der Waals surface area (Å²) in [6, 6.07) is 0.141. The van der Waals surface area contributed by atoms with Gasteiger partial charge in [-0.1, -0.05) is 25.4 Å². The second-order valence-corrected chi connectivity index (χ2v) is 4.96. The van der Waals surface area contributed by atoms with Gasteiger partial charge in [0.2, 0.25) is 0 Å². The number of nitrogens with zero attached hydrogens (tertiary/aromatic N) is 2. The quantitative estimate of drug-likeness (QED) is 0.880. The van der Waals surface area contributed by atoms with E-state index in [2.05, 4.69) is 29.1 Å². The summed E-state index contributed by atoms with van der Waals surface area (Å²) in [5, 5.41) is 3.17. The van der Waals surface area contributed by atoms with Gasteiger partial charge in [-0.25, -0.2) is 9.97 Å². The lowest BCUT2D eigenvalue weighted by Crippen LogP contribution is -2.33. The molecule has 1 rings (SSSR count). The van der Waals surface area contributed by atoms with Crippen molar-refractivity contribution in [3.8, 4) is 0 Å². The predicted octanol–water partition coefficient (Wildman–Crippen LogP) is 2.68. The van der Waals surface area contributed by atoms with Gasteiger partial charge >= 0.3 is 0 Å². The van der Waals surface area contributed by atoms with Crippen molar-refractivity contribution in [1.29, 1.82) is 0 Å². The van der Waals surface area contributed by atoms with Crippen LogP contribution in [0.4, 0.5) is 0 Å². The number of halogens is 1. The summed E-state index contributed by atoms with van der Waals surface area (Å²) in [6.07, 6.45) is 4.81. The van der Waals surface area contributed by atoms with Crippen LogP contribution in [0.25, 0.3) is 0 Å². The van der Waals surface area contributed by atoms with Gasteiger partial charge in [0, 0.05) is 6.04 Å². The number of carbonyl (C=O) groups is 1. The van der Waals surface area contributed by atoms with Crippen LogP contribution in [0.15, 0.2) is 12.4 Å². The summed E-state index contributed by atoms with van der Waals surface area (Å²) >= 11 is 5.60. The van der Waals surface area contributed by atoms with Crippen molar-refractivity contribution >= 4 is 17.5 Å². The largest absolute Gasteiger partial charge is 0.348 e. The number of nitrogens with one attached hydrogen (secondary N) is 1. The van der Waals surface area contributed by atoms with Crippen molar-refractivity contribution in [2.75, 3.05) is 0 Å². The molecule has 0 saturated carbocycles. The van der Waals surface area contributed by atoms with Crippen LogP contribution in [0.5, 0.6) is 0 Å². The molecule has 4 nitrogen and oxygen atoms in total. The maximum absolute atomic E-state index is 11.8. The topological polar surface area (TPSA) is 54.9 Å². The molecule has 1 heterocycles. The molecule has 0 fully saturated rings. The van der Waals surface area contributed by atoms with Gasteiger partial charge in [0.25, 0.3) is 5.91 Å². The average Bonchev–Trinajstić information content (AvgIpc) is 2.27. The summed E-state index contributed by atoms with van der Waals surface area (Å²) in [5.74, 6) is 0.440. The van der Waals surface area contributed by atoms with E-state index >= 15 is 0 Å². The van der Waals surface area contributed by atoms with Crippen LogP contribution in [0, 0.1) is 5.92 Å². The van der Waals surface area contributed by atoms with Gasteiger partial charge in [0.15, 0.2) is 0 Å². The van der Waals surface area contributed by atoms with Gasteiger partial charge in [0.05, 0.1) is 12.4 Å². The summed E-state index contributed by atoms with van der Waals surface area (Å²) < 4.78 is 0. The minimum Gasteiger partial charge on any atom is -0.348 e. The second kappa shape index (κ2) is 6.55. The molecule has 0 spiro atoms. The number of hydrogen-bond acceptors (Lipinski definition) is 3. The van der Waals surface area contributed by atoms with Gasteiger partial charge in [0.1, 0.15) is 10.8 Å². The highest BCUT2D eigenvalue weighted by Crippen LogP contribution is 2.07. The lowest BCUT2D eigenvalue weighted by atomic mass is 10.0. The molecule has 1 atom stereocenters. The van der Waals surface area contributed by atoms with Gasteiger partial charge in [-0.15, -0.1) is 0 Å². The first kappa shape index (κ1) is 13.9. The van der Waals surface area contributed by atoms with Crippen LogP contribution < -0.4 is 5.32 Å². The van der Waals surface area contributed by atoms with Gasteiger partial charge in [-0.2, -0.15) is 0 Å². The number of rotatable bonds is 5. The number of hydrogen-bond donors (Lipinski definition) is 1. The highest BCUT2D eigenvalue weighted by molar-refractivity contribution is 6.29. The molecule has 0 radical (unpaired) electrons. The van der Waals surface area contributed by atoms with E-state index in [1.165, 1.54) is 12.4 Å². The van der Waals surface area contributed by atoms with Crippen LogP contribution in [-0.4, -0.2) is 21.9 Å². The molecule has 5 heteroatoms. The van der Waals surface area contributed by atoms with Crippen molar-refractivity contribution in [1.82, 2.24) is 15.3 Å². The zero-order valence-electron chi connectivity index (χ0n) is 10.4. The summed E-state index contributed by atoms with van der Waals surface area (Å²) in [6.45, 7) is 6.32. The summed E-state index contributed by atoms with van der Waals surface area (Å²) in [7, 11) is 0. The van der Waals surface area contributed by atoms with E-state index in [-0.39, 0.29) is 17.1 Å². The van der Waals surface area contributed by atoms with E-state index < -0.39 is 0 Å². The molecular weight excluding hydrogens is 238 g/mol. The molecule has 1 unspecified atom stereocenters. The van der Waals surface area contributed by atoms with E-state index in [4.69, 9.17) is 11.6 Å². The van der Waals surface area contributed by atoms with E-state index in [1.807, 2.05) is 6.92 Å². The van der Waals surface area contributed by atoms with Crippen LogP contribution in [-0.2, 0) is 0 Å². The zero-order chi connectivity index (χ0) is 12.8. The van der Waals surface area contributed by atoms with E-state index in [0.29, 0.717) is 11.6 Å². The highest BCUT2D eigenvalue weighted by Gasteiger charge is 2.11. The predicted molar refractivity (Wildman–Crippen MR) is 68.0 cm³/mol. The molecule has 1 N–H and O–H groups in total. The molecule has 17 heavy (non-hydrogen) atoms. The van der Waals surface area contributed by atoms with Gasteiger partial charge in [-0.05, 0) is 25.7 Å². The molecule has 94 valence electrons. The Morgan fingerprint density at radius 3 is 2.53 bits per heavy atom. The van der Waals surface area contributed by atoms with E-state index in [0.717, 1.165) is 12.8 Å². The van der Waals surface area contributed by atoms with Gasteiger partial charge < -0.3 is 5.32 Å². The third kappa shape index (κ3) is 5.13. The highest BCUT2D eigenvalue weighted by atomic mass is 35.5. The molecule has 0 aliphatic rings. The average molecular weight is 256 g/mol. The molecule has 0 aliphatic carbocycles. The fraction of sp³-hybridized carbons (Fsp3) is 0.583. The van der Waals surface area contributed by atoms with Crippen molar-refractivity contribution in [2.45, 2.75) is 39.7 Å². The van der Waals surface area contributed by atoms with Crippen LogP contribution in [0.2, 0.25) is 5.15 Å². The zero-order valence-corrected chi connectivity index (χ0v) is 11.2. The molecule has 1 aromatic rings. The van der Waals surface area contributed by atoms with Crippen LogP contribution >= 0.6 is 11.6 Å². The maximum Gasteiger partial charge on any atom is 0.271 e. The monoisotopic (exact) mass is 255 g/mol. The minimum atomic E-state index is -0.203. The lowest BCUT2D eigenvalue weighted by molar-refractivity contribution is 0.0932. The third-order valence-corrected chi connectivity index (χ3v) is 2.60. The fourth-order valence-electron chi connectivity index (χ4n) is 1.38. The Balaban J connectivity index is 2.46. The Morgan fingerprint density at radius 2 is 2.00 bits per heavy atom. The molecule has 0 aromatic carbocycles. The number of carbonyl (C=O) groups excluding carboxylic acids is 1. The molecule has 0 bridgehead atoms. The van der Waals surface area contributed by atoms with Crippen molar-refractivity contribution in [3.05, 3.63) is 23.2 Å². The first-order chi connectivity index (χ1) is 7.99. The van der Waals surface area contributed by atoms with E-state index in [1.54, 1.807) is 0 Å². The van der Waals surface area contributed by atoms with Crippen molar-refractivity contribution in [2.24, 2.45) is 5.92 Å². The first-order valence-electron chi connectivity index (χ1n) is 5.77. The Hall–Kier alpha value is -1.16. The molecule has 0 aliphatic heterocycles. The van der Waals surface area contributed by atoms with Crippen LogP contribution in [0.3, 0.4) is 0 Å². The first-order valence-corrected chi connectivity index (χ1v) is 6.15. The summed E-state index contributed by atoms with van der Waals surface area (Å²) in [4.78, 5) is 19.5. The Labute approximate surface area is 107 Å². The Bertz CT molecular complexity index is 365. The normalized spacial score (nSPS) is 12.5. The minimum absolute atomic E-state index is 0.141. The second-order valence-electron chi connectivity index (χ2n) is 4.57. The van der Waals surface area contributed by atoms with Crippen LogP contribution in [0.1, 0.15) is 44.1 Å². The SMILES string of the molecule is CC(C)CCC(C)NC(=O)c1cnc(Cl)cn1. The number of aromatic nitrogens is 2. The Kier molecular flexibility index (Phi) is 5.35. The van der Waals surface area contributed by atoms with Crippen molar-refractivity contribution < 1.29 is 4.79 Å². The molecular formula is C12H18ClN3O. The fourth-order valence-corrected chi connectivity index (χ4v) is 1.48. The van der Waals surface area contributed by atoms with E-state index in [9.17, 15) is 4.79 Å². The molecule has 1 aromatic heterocycles. The molecule has 0 saturated heterocycles. The van der Waals surface area contributed by atoms with Gasteiger partial charge in [-0.3, -0.25) is 4.79 Å². The third-order valence-electron chi connectivity index (χ3n) is 2.41. The smallest absolute Gasteiger partial charge is 0.271 e. The summed E-state index contributed by atoms with van der Waals surface area (Å²) in [5.41, 5.74) is 0.297. The number of amides is 1. The maximum atomic E-state index is 11.8. The lowest BCUT2D eigenvalue weighted by Gasteiger charge is -2.14. The standard InChI is InChI=1S/C12H18ClN3O/c1-8(2)4-5-9(3)16-12(17)10-6-15-11(13)7-14-10/h6-9H,4-5H2,1-3H3,(H,16,17).